The molecule has 10 heteroatoms. The fraction of sp³-hybridized carbons (Fsp3) is 1.00. The Morgan fingerprint density at radius 3 is 2.15 bits per heavy atom. The van der Waals surface area contributed by atoms with Crippen LogP contribution < -0.4 is 0 Å². The summed E-state index contributed by atoms with van der Waals surface area (Å²) in [6.07, 6.45) is 2.92. The van der Waals surface area contributed by atoms with E-state index < -0.39 is 33.5 Å². The van der Waals surface area contributed by atoms with Crippen molar-refractivity contribution in [2.75, 3.05) is 26.2 Å². The van der Waals surface area contributed by atoms with Gasteiger partial charge in [-0.25, -0.2) is 17.1 Å². The van der Waals surface area contributed by atoms with Gasteiger partial charge in [-0.1, -0.05) is 26.7 Å². The van der Waals surface area contributed by atoms with Crippen molar-refractivity contribution < 1.29 is 31.1 Å². The minimum absolute atomic E-state index is 0.00673. The molecule has 0 radical (unpaired) electrons. The molecule has 3 saturated carbocycles. The van der Waals surface area contributed by atoms with Crippen molar-refractivity contribution in [3.8, 4) is 0 Å². The molecule has 2 aliphatic heterocycles. The normalized spacial score (nSPS) is 44.7. The summed E-state index contributed by atoms with van der Waals surface area (Å²) in [5.74, 6) is 0.353. The lowest BCUT2D eigenvalue weighted by molar-refractivity contribution is -0.180. The van der Waals surface area contributed by atoms with Gasteiger partial charge in [0.25, 0.3) is 0 Å². The van der Waals surface area contributed by atoms with E-state index in [4.69, 9.17) is 0 Å². The Morgan fingerprint density at radius 2 is 1.48 bits per heavy atom. The summed E-state index contributed by atoms with van der Waals surface area (Å²) in [7, 11) is -4.10. The van der Waals surface area contributed by atoms with E-state index in [1.165, 1.54) is 4.31 Å². The lowest BCUT2D eigenvalue weighted by Gasteiger charge is -2.60. The third-order valence-electron chi connectivity index (χ3n) is 12.1. The predicted octanol–water partition coefficient (Wildman–Crippen LogP) is 6.02. The minimum Gasteiger partial charge on any atom is -0.395 e. The van der Waals surface area contributed by atoms with Crippen molar-refractivity contribution in [3.63, 3.8) is 0 Å². The lowest BCUT2D eigenvalue weighted by Crippen LogP contribution is -2.71. The zero-order chi connectivity index (χ0) is 28.8. The molecule has 232 valence electrons. The average Bonchev–Trinajstić information content (AvgIpc) is 2.91. The molecule has 0 aromatic carbocycles. The molecule has 2 saturated heterocycles. The summed E-state index contributed by atoms with van der Waals surface area (Å²) < 4.78 is 84.9. The van der Waals surface area contributed by atoms with E-state index in [0.29, 0.717) is 49.4 Å². The largest absolute Gasteiger partial charge is 0.395 e. The van der Waals surface area contributed by atoms with Crippen molar-refractivity contribution in [1.29, 1.82) is 0 Å². The molecule has 5 rings (SSSR count). The molecule has 0 bridgehead atoms. The summed E-state index contributed by atoms with van der Waals surface area (Å²) in [5, 5.41) is 8.96. The maximum Gasteiger partial charge on any atom is 0.393 e. The summed E-state index contributed by atoms with van der Waals surface area (Å²) in [6, 6.07) is -0.0599. The highest BCUT2D eigenvalue weighted by Gasteiger charge is 2.56. The van der Waals surface area contributed by atoms with Crippen LogP contribution in [0.4, 0.5) is 17.6 Å². The van der Waals surface area contributed by atoms with Gasteiger partial charge in [-0.2, -0.15) is 13.2 Å². The maximum atomic E-state index is 14.3. The van der Waals surface area contributed by atoms with Crippen molar-refractivity contribution in [1.82, 2.24) is 9.21 Å². The molecule has 3 aliphatic carbocycles. The van der Waals surface area contributed by atoms with E-state index in [9.17, 15) is 31.1 Å². The van der Waals surface area contributed by atoms with Gasteiger partial charge in [-0.15, -0.1) is 0 Å². The topological polar surface area (TPSA) is 60.9 Å². The number of nitrogens with zero attached hydrogens (tertiary/aromatic N) is 2. The van der Waals surface area contributed by atoms with E-state index in [-0.39, 0.29) is 56.5 Å². The molecule has 9 atom stereocenters. The van der Waals surface area contributed by atoms with Crippen LogP contribution in [-0.4, -0.2) is 78.7 Å². The van der Waals surface area contributed by atoms with Crippen LogP contribution in [0.15, 0.2) is 0 Å². The molecule has 7 unspecified atom stereocenters. The second-order valence-electron chi connectivity index (χ2n) is 13.9. The van der Waals surface area contributed by atoms with Gasteiger partial charge in [-0.05, 0) is 106 Å². The minimum atomic E-state index is -4.51. The smallest absolute Gasteiger partial charge is 0.393 e. The SMILES string of the molecule is CC1C(F)CCC(C2CCC([C@H]3C4CN(S(=O)(=O)C5CCCCC5C(F)(F)F)CCCCN4[C@@H]3CO)CC2)C1C. The van der Waals surface area contributed by atoms with Crippen LogP contribution in [-0.2, 0) is 10.0 Å². The van der Waals surface area contributed by atoms with Gasteiger partial charge in [0.1, 0.15) is 6.17 Å². The van der Waals surface area contributed by atoms with Crippen LogP contribution in [0.5, 0.6) is 0 Å². The Kier molecular flexibility index (Phi) is 9.51. The van der Waals surface area contributed by atoms with Gasteiger partial charge in [0.15, 0.2) is 0 Å². The van der Waals surface area contributed by atoms with Crippen LogP contribution in [0.3, 0.4) is 0 Å². The van der Waals surface area contributed by atoms with Crippen LogP contribution in [0.2, 0.25) is 0 Å². The van der Waals surface area contributed by atoms with E-state index in [0.717, 1.165) is 45.1 Å². The Morgan fingerprint density at radius 1 is 0.825 bits per heavy atom. The number of aliphatic hydroxyl groups is 1. The first kappa shape index (κ1) is 31.0. The standard InChI is InChI=1S/C30H50F4N2O3S/c1-19-20(2)25(31)14-13-23(19)21-9-11-22(12-10-21)29-26-17-35(15-5-6-16-36(26)27(29)18-37)40(38,39)28-8-4-3-7-24(28)30(32,33)34/h19-29,37H,3-18H2,1-2H3/t19?,20?,21?,22?,23?,24?,25?,26?,27-,28?,29+/m1/s1. The zero-order valence-corrected chi connectivity index (χ0v) is 25.1. The molecular formula is C30H50F4N2O3S. The number of fused-ring (bicyclic) bond motifs is 1. The molecule has 0 aromatic rings. The van der Waals surface area contributed by atoms with Crippen LogP contribution in [0.1, 0.15) is 90.9 Å². The van der Waals surface area contributed by atoms with Crippen molar-refractivity contribution in [3.05, 3.63) is 0 Å². The van der Waals surface area contributed by atoms with Gasteiger partial charge in [0, 0.05) is 25.2 Å². The molecule has 40 heavy (non-hydrogen) atoms. The predicted molar refractivity (Wildman–Crippen MR) is 148 cm³/mol. The number of aliphatic hydroxyl groups excluding tert-OH is 1. The van der Waals surface area contributed by atoms with Crippen molar-refractivity contribution >= 4 is 10.0 Å². The highest BCUT2D eigenvalue weighted by Crippen LogP contribution is 2.50. The third-order valence-corrected chi connectivity index (χ3v) is 14.5. The van der Waals surface area contributed by atoms with Gasteiger partial charge in [0.2, 0.25) is 10.0 Å². The van der Waals surface area contributed by atoms with Crippen LogP contribution in [0, 0.1) is 41.4 Å². The molecule has 0 aromatic heterocycles. The van der Waals surface area contributed by atoms with Gasteiger partial charge in [0.05, 0.1) is 17.8 Å². The van der Waals surface area contributed by atoms with Crippen LogP contribution >= 0.6 is 0 Å². The van der Waals surface area contributed by atoms with E-state index in [1.54, 1.807) is 0 Å². The Bertz CT molecular complexity index is 957. The highest BCUT2D eigenvalue weighted by atomic mass is 32.2. The average molecular weight is 595 g/mol. The first-order chi connectivity index (χ1) is 18.9. The Hall–Kier alpha value is -0.450. The Balaban J connectivity index is 1.29. The summed E-state index contributed by atoms with van der Waals surface area (Å²) in [5.41, 5.74) is 0. The molecule has 0 amide bonds. The van der Waals surface area contributed by atoms with E-state index in [2.05, 4.69) is 11.8 Å². The monoisotopic (exact) mass is 594 g/mol. The van der Waals surface area contributed by atoms with Gasteiger partial charge < -0.3 is 5.11 Å². The highest BCUT2D eigenvalue weighted by molar-refractivity contribution is 7.89. The number of hydrogen-bond donors (Lipinski definition) is 1. The molecule has 1 N–H and O–H groups in total. The summed E-state index contributed by atoms with van der Waals surface area (Å²) in [4.78, 5) is 2.24. The summed E-state index contributed by atoms with van der Waals surface area (Å²) in [6.45, 7) is 5.59. The quantitative estimate of drug-likeness (QED) is 0.396. The zero-order valence-electron chi connectivity index (χ0n) is 24.2. The Labute approximate surface area is 238 Å². The molecular weight excluding hydrogens is 544 g/mol. The van der Waals surface area contributed by atoms with Gasteiger partial charge >= 0.3 is 6.18 Å². The van der Waals surface area contributed by atoms with Crippen LogP contribution in [0.25, 0.3) is 0 Å². The second-order valence-corrected chi connectivity index (χ2v) is 16.0. The lowest BCUT2D eigenvalue weighted by atomic mass is 9.60. The van der Waals surface area contributed by atoms with Crippen molar-refractivity contribution in [2.24, 2.45) is 41.4 Å². The number of halogens is 4. The fourth-order valence-corrected chi connectivity index (χ4v) is 11.9. The number of sulfonamides is 1. The first-order valence-corrected chi connectivity index (χ1v) is 17.5. The first-order valence-electron chi connectivity index (χ1n) is 16.0. The van der Waals surface area contributed by atoms with E-state index >= 15 is 0 Å². The number of hydrogen-bond acceptors (Lipinski definition) is 4. The number of rotatable bonds is 5. The molecule has 5 nitrogen and oxygen atoms in total. The number of alkyl halides is 4. The second kappa shape index (κ2) is 12.3. The van der Waals surface area contributed by atoms with E-state index in [1.807, 2.05) is 6.92 Å². The van der Waals surface area contributed by atoms with Crippen molar-refractivity contribution in [2.45, 2.75) is 121 Å². The molecule has 5 fully saturated rings. The summed E-state index contributed by atoms with van der Waals surface area (Å²) >= 11 is 0. The maximum absolute atomic E-state index is 14.3. The fourth-order valence-electron chi connectivity index (χ4n) is 9.61. The third kappa shape index (κ3) is 5.86. The molecule has 5 aliphatic rings. The molecule has 0 spiro atoms. The molecule has 2 heterocycles. The van der Waals surface area contributed by atoms with Gasteiger partial charge in [-0.3, -0.25) is 4.90 Å².